The number of rotatable bonds is 8. The highest BCUT2D eigenvalue weighted by Crippen LogP contribution is 2.25. The Hall–Kier alpha value is -2.53. The van der Waals surface area contributed by atoms with Gasteiger partial charge >= 0.3 is 0 Å². The molecule has 1 N–H and O–H groups in total. The van der Waals surface area contributed by atoms with Crippen LogP contribution in [0.25, 0.3) is 0 Å². The standard InChI is InChI=1S/C24H31N3O2/c28-24(19-29-23-11-10-20-6-4-7-21(20)18-23)25-12-5-13-26-14-16-27(17-15-26)22-8-2-1-3-9-22/h1-3,8-11,18H,4-7,12-17,19H2,(H,25,28). The molecule has 29 heavy (non-hydrogen) atoms. The molecule has 1 fully saturated rings. The van der Waals surface area contributed by atoms with Gasteiger partial charge in [-0.3, -0.25) is 9.69 Å². The highest BCUT2D eigenvalue weighted by Gasteiger charge is 2.16. The second-order valence-electron chi connectivity index (χ2n) is 7.94. The minimum Gasteiger partial charge on any atom is -0.484 e. The van der Waals surface area contributed by atoms with Crippen LogP contribution in [-0.4, -0.2) is 56.7 Å². The summed E-state index contributed by atoms with van der Waals surface area (Å²) in [6, 6.07) is 16.8. The van der Waals surface area contributed by atoms with Crippen LogP contribution in [0.1, 0.15) is 24.0 Å². The number of piperazine rings is 1. The van der Waals surface area contributed by atoms with Crippen LogP contribution in [0.2, 0.25) is 0 Å². The number of anilines is 1. The molecular weight excluding hydrogens is 362 g/mol. The molecule has 0 unspecified atom stereocenters. The number of nitrogens with one attached hydrogen (secondary N) is 1. The van der Waals surface area contributed by atoms with E-state index in [2.05, 4.69) is 57.6 Å². The zero-order valence-electron chi connectivity index (χ0n) is 17.1. The van der Waals surface area contributed by atoms with Crippen LogP contribution in [0.5, 0.6) is 5.75 Å². The van der Waals surface area contributed by atoms with Crippen LogP contribution in [-0.2, 0) is 17.6 Å². The number of carbonyl (C=O) groups is 1. The monoisotopic (exact) mass is 393 g/mol. The van der Waals surface area contributed by atoms with Gasteiger partial charge in [0, 0.05) is 38.4 Å². The maximum atomic E-state index is 12.0. The summed E-state index contributed by atoms with van der Waals surface area (Å²) in [6.07, 6.45) is 4.48. The highest BCUT2D eigenvalue weighted by molar-refractivity contribution is 5.77. The number of aryl methyl sites for hydroxylation is 2. The molecule has 0 spiro atoms. The van der Waals surface area contributed by atoms with E-state index in [0.717, 1.165) is 57.7 Å². The van der Waals surface area contributed by atoms with Gasteiger partial charge in [-0.15, -0.1) is 0 Å². The van der Waals surface area contributed by atoms with Gasteiger partial charge in [-0.1, -0.05) is 24.3 Å². The van der Waals surface area contributed by atoms with Crippen molar-refractivity contribution in [3.63, 3.8) is 0 Å². The molecule has 1 saturated heterocycles. The number of hydrogen-bond donors (Lipinski definition) is 1. The fourth-order valence-corrected chi connectivity index (χ4v) is 4.24. The number of benzene rings is 2. The van der Waals surface area contributed by atoms with Gasteiger partial charge in [-0.05, 0) is 67.6 Å². The summed E-state index contributed by atoms with van der Waals surface area (Å²) in [4.78, 5) is 17.0. The Bertz CT molecular complexity index is 801. The molecule has 2 aliphatic rings. The maximum absolute atomic E-state index is 12.0. The normalized spacial score (nSPS) is 16.5. The lowest BCUT2D eigenvalue weighted by Gasteiger charge is -2.36. The summed E-state index contributed by atoms with van der Waals surface area (Å²) in [7, 11) is 0. The van der Waals surface area contributed by atoms with Crippen molar-refractivity contribution in [1.29, 1.82) is 0 Å². The Morgan fingerprint density at radius 2 is 1.76 bits per heavy atom. The van der Waals surface area contributed by atoms with Crippen LogP contribution in [0.15, 0.2) is 48.5 Å². The van der Waals surface area contributed by atoms with Crippen molar-refractivity contribution in [3.8, 4) is 5.75 Å². The first kappa shape index (κ1) is 19.8. The van der Waals surface area contributed by atoms with Crippen molar-refractivity contribution >= 4 is 11.6 Å². The Morgan fingerprint density at radius 1 is 0.966 bits per heavy atom. The molecule has 1 aliphatic carbocycles. The smallest absolute Gasteiger partial charge is 0.257 e. The van der Waals surface area contributed by atoms with E-state index in [-0.39, 0.29) is 12.5 Å². The third-order valence-electron chi connectivity index (χ3n) is 5.91. The molecule has 5 heteroatoms. The first-order valence-corrected chi connectivity index (χ1v) is 10.8. The van der Waals surface area contributed by atoms with Gasteiger partial charge in [0.05, 0.1) is 0 Å². The number of carbonyl (C=O) groups excluding carboxylic acids is 1. The van der Waals surface area contributed by atoms with Gasteiger partial charge in [0.2, 0.25) is 0 Å². The lowest BCUT2D eigenvalue weighted by molar-refractivity contribution is -0.123. The fourth-order valence-electron chi connectivity index (χ4n) is 4.24. The number of fused-ring (bicyclic) bond motifs is 1. The predicted octanol–water partition coefficient (Wildman–Crippen LogP) is 2.88. The van der Waals surface area contributed by atoms with Crippen molar-refractivity contribution in [2.24, 2.45) is 0 Å². The molecule has 0 atom stereocenters. The summed E-state index contributed by atoms with van der Waals surface area (Å²) in [6.45, 7) is 6.08. The first-order valence-electron chi connectivity index (χ1n) is 10.8. The van der Waals surface area contributed by atoms with Crippen molar-refractivity contribution < 1.29 is 9.53 Å². The van der Waals surface area contributed by atoms with E-state index in [9.17, 15) is 4.79 Å². The Labute approximate surface area is 173 Å². The molecule has 0 saturated carbocycles. The predicted molar refractivity (Wildman–Crippen MR) is 117 cm³/mol. The van der Waals surface area contributed by atoms with Gasteiger partial charge in [0.15, 0.2) is 6.61 Å². The minimum atomic E-state index is -0.0422. The first-order chi connectivity index (χ1) is 14.3. The van der Waals surface area contributed by atoms with Gasteiger partial charge in [0.25, 0.3) is 5.91 Å². The molecule has 4 rings (SSSR count). The van der Waals surface area contributed by atoms with Gasteiger partial charge in [0.1, 0.15) is 5.75 Å². The average molecular weight is 394 g/mol. The van der Waals surface area contributed by atoms with Crippen LogP contribution in [0, 0.1) is 0 Å². The van der Waals surface area contributed by atoms with Crippen LogP contribution in [0.4, 0.5) is 5.69 Å². The second kappa shape index (κ2) is 9.79. The van der Waals surface area contributed by atoms with E-state index in [0.29, 0.717) is 6.54 Å². The van der Waals surface area contributed by atoms with Gasteiger partial charge in [-0.25, -0.2) is 0 Å². The average Bonchev–Trinajstić information content (AvgIpc) is 3.24. The Balaban J connectivity index is 1.09. The van der Waals surface area contributed by atoms with E-state index >= 15 is 0 Å². The molecule has 0 radical (unpaired) electrons. The van der Waals surface area contributed by atoms with E-state index in [4.69, 9.17) is 4.74 Å². The highest BCUT2D eigenvalue weighted by atomic mass is 16.5. The fraction of sp³-hybridized carbons (Fsp3) is 0.458. The number of ether oxygens (including phenoxy) is 1. The minimum absolute atomic E-state index is 0.0422. The summed E-state index contributed by atoms with van der Waals surface area (Å²) in [5.41, 5.74) is 4.10. The van der Waals surface area contributed by atoms with Crippen molar-refractivity contribution in [3.05, 3.63) is 59.7 Å². The zero-order valence-corrected chi connectivity index (χ0v) is 17.1. The maximum Gasteiger partial charge on any atom is 0.257 e. The summed E-state index contributed by atoms with van der Waals surface area (Å²) < 4.78 is 5.67. The topological polar surface area (TPSA) is 44.8 Å². The summed E-state index contributed by atoms with van der Waals surface area (Å²) in [5, 5.41) is 2.98. The Morgan fingerprint density at radius 3 is 2.59 bits per heavy atom. The van der Waals surface area contributed by atoms with Crippen LogP contribution < -0.4 is 15.0 Å². The summed E-state index contributed by atoms with van der Waals surface area (Å²) >= 11 is 0. The van der Waals surface area contributed by atoms with E-state index < -0.39 is 0 Å². The molecule has 0 aromatic heterocycles. The third kappa shape index (κ3) is 5.51. The largest absolute Gasteiger partial charge is 0.484 e. The van der Waals surface area contributed by atoms with Crippen LogP contribution in [0.3, 0.4) is 0 Å². The van der Waals surface area contributed by atoms with Gasteiger partial charge in [-0.2, -0.15) is 0 Å². The van der Waals surface area contributed by atoms with E-state index in [1.54, 1.807) is 0 Å². The molecular formula is C24H31N3O2. The SMILES string of the molecule is O=C(COc1ccc2c(c1)CCC2)NCCCN1CCN(c2ccccc2)CC1. The van der Waals surface area contributed by atoms with E-state index in [1.165, 1.54) is 23.2 Å². The lowest BCUT2D eigenvalue weighted by atomic mass is 10.1. The van der Waals surface area contributed by atoms with Crippen molar-refractivity contribution in [1.82, 2.24) is 10.2 Å². The number of amides is 1. The third-order valence-corrected chi connectivity index (χ3v) is 5.91. The number of para-hydroxylation sites is 1. The summed E-state index contributed by atoms with van der Waals surface area (Å²) in [5.74, 6) is 0.761. The number of nitrogens with zero attached hydrogens (tertiary/aromatic N) is 2. The van der Waals surface area contributed by atoms with E-state index in [1.807, 2.05) is 6.07 Å². The lowest BCUT2D eigenvalue weighted by Crippen LogP contribution is -2.47. The molecule has 0 bridgehead atoms. The molecule has 2 aromatic carbocycles. The molecule has 2 aromatic rings. The molecule has 5 nitrogen and oxygen atoms in total. The van der Waals surface area contributed by atoms with Crippen molar-refractivity contribution in [2.75, 3.05) is 50.8 Å². The number of hydrogen-bond acceptors (Lipinski definition) is 4. The second-order valence-corrected chi connectivity index (χ2v) is 7.94. The molecule has 1 aliphatic heterocycles. The Kier molecular flexibility index (Phi) is 6.67. The van der Waals surface area contributed by atoms with Gasteiger partial charge < -0.3 is 15.0 Å². The zero-order chi connectivity index (χ0) is 19.9. The molecule has 1 amide bonds. The quantitative estimate of drug-likeness (QED) is 0.701. The molecule has 1 heterocycles. The van der Waals surface area contributed by atoms with Crippen LogP contribution >= 0.6 is 0 Å². The van der Waals surface area contributed by atoms with Crippen molar-refractivity contribution in [2.45, 2.75) is 25.7 Å². The molecule has 154 valence electrons.